The first-order chi connectivity index (χ1) is 14.5. The van der Waals surface area contributed by atoms with Crippen molar-refractivity contribution in [2.45, 2.75) is 24.5 Å². The van der Waals surface area contributed by atoms with Crippen molar-refractivity contribution >= 4 is 21.5 Å². The fourth-order valence-corrected chi connectivity index (χ4v) is 3.89. The van der Waals surface area contributed by atoms with Crippen LogP contribution in [0.15, 0.2) is 17.1 Å². The molecule has 1 aromatic heterocycles. The van der Waals surface area contributed by atoms with Gasteiger partial charge in [-0.05, 0) is 6.07 Å². The molecule has 0 aliphatic carbocycles. The number of phosphoric ester groups is 1. The monoisotopic (exact) mass is 524 g/mol. The molecule has 1 unspecified atom stereocenters. The molecular formula is C14H32N5O12P2+. The van der Waals surface area contributed by atoms with Gasteiger partial charge in [-0.15, -0.1) is 0 Å². The number of aliphatic hydroxyl groups is 3. The van der Waals surface area contributed by atoms with Gasteiger partial charge in [0.05, 0.1) is 27.7 Å². The van der Waals surface area contributed by atoms with E-state index in [2.05, 4.69) is 13.8 Å². The van der Waals surface area contributed by atoms with Gasteiger partial charge in [-0.25, -0.2) is 13.9 Å². The Morgan fingerprint density at radius 1 is 1.21 bits per heavy atom. The van der Waals surface area contributed by atoms with Gasteiger partial charge in [0, 0.05) is 6.20 Å². The van der Waals surface area contributed by atoms with Crippen LogP contribution in [0, 0.1) is 0 Å². The van der Waals surface area contributed by atoms with Crippen LogP contribution in [0.5, 0.6) is 0 Å². The number of phosphoric acid groups is 2. The van der Waals surface area contributed by atoms with Gasteiger partial charge in [0.15, 0.2) is 6.23 Å². The number of quaternary nitrogens is 1. The first-order valence-corrected chi connectivity index (χ1v) is 12.0. The molecule has 0 spiro atoms. The van der Waals surface area contributed by atoms with E-state index in [9.17, 15) is 24.1 Å². The highest BCUT2D eigenvalue weighted by Gasteiger charge is 2.43. The van der Waals surface area contributed by atoms with Gasteiger partial charge in [-0.1, -0.05) is 0 Å². The van der Waals surface area contributed by atoms with Gasteiger partial charge in [-0.2, -0.15) is 9.29 Å². The van der Waals surface area contributed by atoms with E-state index >= 15 is 0 Å². The molecule has 0 radical (unpaired) electrons. The highest BCUT2D eigenvalue weighted by Crippen LogP contribution is 2.57. The number of aromatic nitrogens is 2. The Kier molecular flexibility index (Phi) is 11.9. The van der Waals surface area contributed by atoms with E-state index in [1.54, 1.807) is 0 Å². The van der Waals surface area contributed by atoms with Crippen molar-refractivity contribution in [3.05, 3.63) is 22.7 Å². The van der Waals surface area contributed by atoms with Gasteiger partial charge in [-0.3, -0.25) is 9.09 Å². The molecule has 1 aromatic rings. The predicted octanol–water partition coefficient (Wildman–Crippen LogP) is -2.48. The lowest BCUT2D eigenvalue weighted by molar-refractivity contribution is -0.870. The highest BCUT2D eigenvalue weighted by molar-refractivity contribution is 7.60. The Bertz CT molecular complexity index is 903. The normalized spacial score (nSPS) is 24.9. The molecule has 1 aliphatic heterocycles. The van der Waals surface area contributed by atoms with Crippen LogP contribution in [0.25, 0.3) is 0 Å². The maximum atomic E-state index is 11.5. The largest absolute Gasteiger partial charge is 0.481 e. The zero-order valence-corrected chi connectivity index (χ0v) is 20.0. The van der Waals surface area contributed by atoms with Crippen molar-refractivity contribution in [2.75, 3.05) is 46.6 Å². The summed E-state index contributed by atoms with van der Waals surface area (Å²) in [6.07, 6.45) is -3.27. The molecule has 2 rings (SSSR count). The van der Waals surface area contributed by atoms with Crippen molar-refractivity contribution < 1.29 is 57.2 Å². The van der Waals surface area contributed by atoms with Crippen LogP contribution in [0.2, 0.25) is 0 Å². The zero-order chi connectivity index (χ0) is 24.9. The smallest absolute Gasteiger partial charge is 0.394 e. The minimum absolute atomic E-state index is 0. The van der Waals surface area contributed by atoms with E-state index in [-0.39, 0.29) is 18.6 Å². The van der Waals surface area contributed by atoms with E-state index in [0.717, 1.165) is 4.57 Å². The average Bonchev–Trinajstić information content (AvgIpc) is 2.87. The van der Waals surface area contributed by atoms with Crippen molar-refractivity contribution in [2.24, 2.45) is 0 Å². The summed E-state index contributed by atoms with van der Waals surface area (Å²) in [6, 6.07) is 1.37. The number of nitrogen functional groups attached to an aromatic ring is 1. The van der Waals surface area contributed by atoms with Crippen LogP contribution >= 0.6 is 15.6 Å². The molecule has 0 saturated carbocycles. The second-order valence-corrected chi connectivity index (χ2v) is 10.5. The highest BCUT2D eigenvalue weighted by atomic mass is 31.3. The van der Waals surface area contributed by atoms with E-state index in [1.807, 2.05) is 21.1 Å². The summed E-state index contributed by atoms with van der Waals surface area (Å²) in [6.45, 7) is -0.196. The van der Waals surface area contributed by atoms with Gasteiger partial charge >= 0.3 is 21.3 Å². The summed E-state index contributed by atoms with van der Waals surface area (Å²) in [7, 11) is -4.20. The minimum Gasteiger partial charge on any atom is -0.394 e. The third-order valence-electron chi connectivity index (χ3n) is 3.87. The number of anilines is 1. The molecule has 1 saturated heterocycles. The van der Waals surface area contributed by atoms with Gasteiger partial charge < -0.3 is 51.1 Å². The average molecular weight is 524 g/mol. The standard InChI is InChI=1S/C9H13N3O5.C5H15NO7P2.H3N/c10-5-1-2-12(9(16)11-5)8-7(15)6(14)4(3-13)17-8;1-6(2,3)4-5-12-15(10,11)13-14(7,8)9;/h1-2,4,6-8,13-15H,3H2,(H2,10,11,16);4-5H2,1-3H3,(H2-,7,8,9,10,11);1H3/p+1/t4-,6-,7-,8-;;/m1../s1. The molecule has 19 heteroatoms. The van der Waals surface area contributed by atoms with Crippen LogP contribution in [0.4, 0.5) is 5.82 Å². The molecule has 11 N–H and O–H groups in total. The topological polar surface area (TPSA) is 279 Å². The van der Waals surface area contributed by atoms with Crippen LogP contribution in [-0.2, 0) is 22.7 Å². The van der Waals surface area contributed by atoms with E-state index in [4.69, 9.17) is 30.3 Å². The summed E-state index contributed by atoms with van der Waals surface area (Å²) in [5.41, 5.74) is 4.63. The molecule has 0 bridgehead atoms. The fourth-order valence-electron chi connectivity index (χ4n) is 2.32. The van der Waals surface area contributed by atoms with E-state index in [1.165, 1.54) is 12.3 Å². The molecule has 17 nitrogen and oxygen atoms in total. The summed E-state index contributed by atoms with van der Waals surface area (Å²) in [4.78, 5) is 40.4. The molecule has 194 valence electrons. The van der Waals surface area contributed by atoms with Crippen LogP contribution in [-0.4, -0.2) is 103 Å². The molecule has 2 heterocycles. The van der Waals surface area contributed by atoms with Crippen LogP contribution in [0.1, 0.15) is 6.23 Å². The lowest BCUT2D eigenvalue weighted by Crippen LogP contribution is -2.37. The quantitative estimate of drug-likeness (QED) is 0.129. The van der Waals surface area contributed by atoms with Gasteiger partial charge in [0.1, 0.15) is 37.3 Å². The number of aliphatic hydroxyl groups excluding tert-OH is 3. The Morgan fingerprint density at radius 2 is 1.79 bits per heavy atom. The SMILES string of the molecule is C[N+](C)(C)CCOP(=O)(O)OP(=O)(O)O.N.Nc1ccn([C@@H]2O[C@H](CO)[C@@H](O)[C@H]2O)c(=O)n1. The first-order valence-electron chi connectivity index (χ1n) is 8.97. The Labute approximate surface area is 189 Å². The Balaban J connectivity index is 0.000000609. The number of hydrogen-bond acceptors (Lipinski definition) is 12. The molecule has 1 aliphatic rings. The van der Waals surface area contributed by atoms with Gasteiger partial charge in [0.25, 0.3) is 0 Å². The summed E-state index contributed by atoms with van der Waals surface area (Å²) < 4.78 is 35.8. The second kappa shape index (κ2) is 12.4. The lowest BCUT2D eigenvalue weighted by Gasteiger charge is -2.23. The number of nitrogens with zero attached hydrogens (tertiary/aromatic N) is 3. The summed E-state index contributed by atoms with van der Waals surface area (Å²) in [5.74, 6) is 0.0537. The third-order valence-corrected chi connectivity index (χ3v) is 6.05. The molecule has 5 atom stereocenters. The van der Waals surface area contributed by atoms with Gasteiger partial charge in [0.2, 0.25) is 0 Å². The number of rotatable bonds is 8. The van der Waals surface area contributed by atoms with Crippen molar-refractivity contribution in [3.8, 4) is 0 Å². The molecule has 0 aromatic carbocycles. The molecular weight excluding hydrogens is 492 g/mol. The zero-order valence-electron chi connectivity index (χ0n) is 18.2. The second-order valence-electron chi connectivity index (χ2n) is 7.66. The third kappa shape index (κ3) is 11.1. The van der Waals surface area contributed by atoms with Crippen molar-refractivity contribution in [1.29, 1.82) is 0 Å². The van der Waals surface area contributed by atoms with Crippen molar-refractivity contribution in [3.63, 3.8) is 0 Å². The molecule has 33 heavy (non-hydrogen) atoms. The first kappa shape index (κ1) is 31.7. The number of nitrogens with two attached hydrogens (primary N) is 1. The maximum Gasteiger partial charge on any atom is 0.481 e. The molecule has 0 amide bonds. The summed E-state index contributed by atoms with van der Waals surface area (Å²) in [5, 5.41) is 28.2. The number of likely N-dealkylation sites (N-methyl/N-ethyl adjacent to an activating group) is 1. The lowest BCUT2D eigenvalue weighted by atomic mass is 10.1. The Hall–Kier alpha value is -1.30. The minimum atomic E-state index is -5.01. The fraction of sp³-hybridized carbons (Fsp3) is 0.714. The number of ether oxygens (including phenoxy) is 1. The Morgan fingerprint density at radius 3 is 2.21 bits per heavy atom. The molecule has 1 fully saturated rings. The summed E-state index contributed by atoms with van der Waals surface area (Å²) >= 11 is 0. The number of hydrogen-bond donors (Lipinski definition) is 8. The van der Waals surface area contributed by atoms with Crippen LogP contribution in [0.3, 0.4) is 0 Å². The van der Waals surface area contributed by atoms with Crippen LogP contribution < -0.4 is 17.6 Å². The maximum absolute atomic E-state index is 11.5. The van der Waals surface area contributed by atoms with E-state index < -0.39 is 52.5 Å². The van der Waals surface area contributed by atoms with Crippen molar-refractivity contribution in [1.82, 2.24) is 15.7 Å². The van der Waals surface area contributed by atoms with E-state index in [0.29, 0.717) is 11.0 Å². The predicted molar refractivity (Wildman–Crippen MR) is 113 cm³/mol.